The van der Waals surface area contributed by atoms with Gasteiger partial charge in [-0.1, -0.05) is 41.9 Å². The number of fused-ring (bicyclic) bond motifs is 2. The molecule has 0 bridgehead atoms. The summed E-state index contributed by atoms with van der Waals surface area (Å²) >= 11 is 6.14. The molecule has 5 rings (SSSR count). The molecule has 3 aromatic rings. The zero-order valence-electron chi connectivity index (χ0n) is 16.7. The number of ether oxygens (including phenoxy) is 2. The third kappa shape index (κ3) is 3.37. The SMILES string of the molecule is C[C@@]1(Oc2nc(Cl)cn3nccc23)C[C@@H]2[C@H]1CCCN2C(=O)OCc1ccccc1. The molecule has 7 nitrogen and oxygen atoms in total. The van der Waals surface area contributed by atoms with Crippen molar-refractivity contribution in [2.45, 2.75) is 44.4 Å². The maximum absolute atomic E-state index is 12.7. The summed E-state index contributed by atoms with van der Waals surface area (Å²) in [6.45, 7) is 3.09. The molecule has 2 aliphatic rings. The smallest absolute Gasteiger partial charge is 0.410 e. The predicted octanol–water partition coefficient (Wildman–Crippen LogP) is 4.34. The lowest BCUT2D eigenvalue weighted by atomic mass is 9.62. The Hall–Kier alpha value is -2.80. The highest BCUT2D eigenvalue weighted by molar-refractivity contribution is 6.29. The predicted molar refractivity (Wildman–Crippen MR) is 111 cm³/mol. The van der Waals surface area contributed by atoms with Crippen LogP contribution in [0.15, 0.2) is 48.8 Å². The molecular weight excluding hydrogens is 404 g/mol. The molecular formula is C22H23ClN4O3. The molecule has 1 aromatic carbocycles. The van der Waals surface area contributed by atoms with E-state index >= 15 is 0 Å². The zero-order valence-corrected chi connectivity index (χ0v) is 17.5. The van der Waals surface area contributed by atoms with E-state index in [4.69, 9.17) is 21.1 Å². The highest BCUT2D eigenvalue weighted by Gasteiger charge is 2.57. The molecule has 30 heavy (non-hydrogen) atoms. The van der Waals surface area contributed by atoms with Crippen LogP contribution in [-0.2, 0) is 11.3 Å². The molecule has 8 heteroatoms. The molecule has 2 fully saturated rings. The monoisotopic (exact) mass is 426 g/mol. The van der Waals surface area contributed by atoms with Gasteiger partial charge in [0, 0.05) is 24.9 Å². The molecule has 3 heterocycles. The topological polar surface area (TPSA) is 69.0 Å². The number of nitrogens with zero attached hydrogens (tertiary/aromatic N) is 4. The first kappa shape index (κ1) is 19.2. The van der Waals surface area contributed by atoms with E-state index in [1.807, 2.05) is 41.3 Å². The van der Waals surface area contributed by atoms with E-state index in [0.29, 0.717) is 17.6 Å². The van der Waals surface area contributed by atoms with Crippen LogP contribution >= 0.6 is 11.6 Å². The number of piperidine rings is 1. The van der Waals surface area contributed by atoms with Crippen molar-refractivity contribution < 1.29 is 14.3 Å². The summed E-state index contributed by atoms with van der Waals surface area (Å²) in [7, 11) is 0. The van der Waals surface area contributed by atoms with Crippen LogP contribution < -0.4 is 4.74 Å². The minimum absolute atomic E-state index is 0.118. The van der Waals surface area contributed by atoms with Gasteiger partial charge in [-0.2, -0.15) is 10.1 Å². The van der Waals surface area contributed by atoms with Gasteiger partial charge < -0.3 is 14.4 Å². The van der Waals surface area contributed by atoms with Gasteiger partial charge in [-0.3, -0.25) is 0 Å². The first-order valence-electron chi connectivity index (χ1n) is 10.2. The summed E-state index contributed by atoms with van der Waals surface area (Å²) < 4.78 is 13.6. The van der Waals surface area contributed by atoms with Crippen LogP contribution in [0.5, 0.6) is 5.88 Å². The van der Waals surface area contributed by atoms with Crippen LogP contribution in [0.4, 0.5) is 4.79 Å². The number of hydrogen-bond acceptors (Lipinski definition) is 5. The second-order valence-corrected chi connectivity index (χ2v) is 8.59. The number of rotatable bonds is 4. The molecule has 0 radical (unpaired) electrons. The summed E-state index contributed by atoms with van der Waals surface area (Å²) in [6.07, 6.45) is 5.74. The quantitative estimate of drug-likeness (QED) is 0.620. The highest BCUT2D eigenvalue weighted by atomic mass is 35.5. The zero-order chi connectivity index (χ0) is 20.7. The summed E-state index contributed by atoms with van der Waals surface area (Å²) in [6, 6.07) is 11.7. The van der Waals surface area contributed by atoms with Gasteiger partial charge in [-0.25, -0.2) is 9.31 Å². The maximum Gasteiger partial charge on any atom is 0.410 e. The number of carbonyl (C=O) groups excluding carboxylic acids is 1. The Morgan fingerprint density at radius 2 is 2.13 bits per heavy atom. The molecule has 0 spiro atoms. The van der Waals surface area contributed by atoms with Crippen molar-refractivity contribution in [2.24, 2.45) is 5.92 Å². The number of amides is 1. The standard InChI is InChI=1S/C22H23ClN4O3/c1-22(30-20-17-9-10-24-27(17)13-19(23)25-20)12-18-16(22)8-5-11-26(18)21(28)29-14-15-6-3-2-4-7-15/h2-4,6-7,9-10,13,16,18H,5,8,11-12,14H2,1H3/t16-,18-,22-/m1/s1. The molecule has 2 aromatic heterocycles. The fraction of sp³-hybridized carbons (Fsp3) is 0.409. The Bertz CT molecular complexity index is 1070. The van der Waals surface area contributed by atoms with Gasteiger partial charge in [0.15, 0.2) is 5.15 Å². The normalized spacial score (nSPS) is 25.5. The van der Waals surface area contributed by atoms with Gasteiger partial charge in [0.25, 0.3) is 0 Å². The van der Waals surface area contributed by atoms with Gasteiger partial charge in [0.05, 0.1) is 12.4 Å². The fourth-order valence-corrected chi connectivity index (χ4v) is 4.91. The highest BCUT2D eigenvalue weighted by Crippen LogP contribution is 2.49. The molecule has 1 aliphatic heterocycles. The van der Waals surface area contributed by atoms with Crippen LogP contribution in [0, 0.1) is 5.92 Å². The second-order valence-electron chi connectivity index (χ2n) is 8.20. The lowest BCUT2D eigenvalue weighted by Gasteiger charge is -2.58. The molecule has 1 saturated heterocycles. The van der Waals surface area contributed by atoms with E-state index in [2.05, 4.69) is 17.0 Å². The van der Waals surface area contributed by atoms with E-state index in [9.17, 15) is 4.79 Å². The largest absolute Gasteiger partial charge is 0.469 e. The average molecular weight is 427 g/mol. The van der Waals surface area contributed by atoms with E-state index in [1.165, 1.54) is 0 Å². The van der Waals surface area contributed by atoms with E-state index in [0.717, 1.165) is 30.3 Å². The van der Waals surface area contributed by atoms with Crippen molar-refractivity contribution in [1.29, 1.82) is 0 Å². The number of benzene rings is 1. The fourth-order valence-electron chi connectivity index (χ4n) is 4.74. The summed E-state index contributed by atoms with van der Waals surface area (Å²) in [5.41, 5.74) is 1.35. The van der Waals surface area contributed by atoms with Crippen molar-refractivity contribution in [3.05, 3.63) is 59.5 Å². The Morgan fingerprint density at radius 1 is 1.30 bits per heavy atom. The van der Waals surface area contributed by atoms with Gasteiger partial charge >= 0.3 is 6.09 Å². The Kier molecular flexibility index (Phi) is 4.77. The minimum atomic E-state index is -0.411. The lowest BCUT2D eigenvalue weighted by Crippen LogP contribution is -2.67. The molecule has 1 saturated carbocycles. The molecule has 0 N–H and O–H groups in total. The summed E-state index contributed by atoms with van der Waals surface area (Å²) in [5, 5.41) is 4.55. The molecule has 1 amide bonds. The van der Waals surface area contributed by atoms with Crippen molar-refractivity contribution in [2.75, 3.05) is 6.54 Å². The van der Waals surface area contributed by atoms with Crippen molar-refractivity contribution in [3.8, 4) is 5.88 Å². The van der Waals surface area contributed by atoms with Gasteiger partial charge in [0.1, 0.15) is 17.7 Å². The average Bonchev–Trinajstić information content (AvgIpc) is 3.21. The van der Waals surface area contributed by atoms with Crippen LogP contribution in [0.1, 0.15) is 31.7 Å². The first-order chi connectivity index (χ1) is 14.5. The van der Waals surface area contributed by atoms with E-state index in [1.54, 1.807) is 16.9 Å². The summed E-state index contributed by atoms with van der Waals surface area (Å²) in [5.74, 6) is 0.698. The van der Waals surface area contributed by atoms with E-state index in [-0.39, 0.29) is 24.7 Å². The molecule has 3 atom stereocenters. The molecule has 1 aliphatic carbocycles. The molecule has 156 valence electrons. The Labute approximate surface area is 179 Å². The van der Waals surface area contributed by atoms with Crippen molar-refractivity contribution in [1.82, 2.24) is 19.5 Å². The third-order valence-corrected chi connectivity index (χ3v) is 6.46. The second kappa shape index (κ2) is 7.47. The summed E-state index contributed by atoms with van der Waals surface area (Å²) in [4.78, 5) is 19.0. The van der Waals surface area contributed by atoms with Gasteiger partial charge in [0.2, 0.25) is 5.88 Å². The number of hydrogen-bond donors (Lipinski definition) is 0. The van der Waals surface area contributed by atoms with Crippen molar-refractivity contribution in [3.63, 3.8) is 0 Å². The van der Waals surface area contributed by atoms with Crippen LogP contribution in [0.25, 0.3) is 5.52 Å². The van der Waals surface area contributed by atoms with Crippen LogP contribution in [0.2, 0.25) is 5.15 Å². The maximum atomic E-state index is 12.7. The molecule has 0 unspecified atom stereocenters. The minimum Gasteiger partial charge on any atom is -0.469 e. The first-order valence-corrected chi connectivity index (χ1v) is 10.6. The Balaban J connectivity index is 1.28. The third-order valence-electron chi connectivity index (χ3n) is 6.27. The number of halogens is 1. The number of carbonyl (C=O) groups is 1. The van der Waals surface area contributed by atoms with Gasteiger partial charge in [-0.05, 0) is 31.4 Å². The van der Waals surface area contributed by atoms with E-state index < -0.39 is 5.60 Å². The van der Waals surface area contributed by atoms with Crippen molar-refractivity contribution >= 4 is 23.2 Å². The Morgan fingerprint density at radius 3 is 2.97 bits per heavy atom. The van der Waals surface area contributed by atoms with Crippen LogP contribution in [0.3, 0.4) is 0 Å². The van der Waals surface area contributed by atoms with Crippen LogP contribution in [-0.4, -0.2) is 43.8 Å². The lowest BCUT2D eigenvalue weighted by molar-refractivity contribution is -0.136. The number of likely N-dealkylation sites (tertiary alicyclic amines) is 1. The number of aromatic nitrogens is 3. The van der Waals surface area contributed by atoms with Gasteiger partial charge in [-0.15, -0.1) is 0 Å².